The third-order valence-electron chi connectivity index (χ3n) is 3.49. The zero-order valence-corrected chi connectivity index (χ0v) is 13.7. The van der Waals surface area contributed by atoms with E-state index in [0.717, 1.165) is 6.42 Å². The van der Waals surface area contributed by atoms with E-state index in [1.807, 2.05) is 6.92 Å². The van der Waals surface area contributed by atoms with Crippen LogP contribution < -0.4 is 10.9 Å². The Kier molecular flexibility index (Phi) is 4.57. The van der Waals surface area contributed by atoms with Crippen molar-refractivity contribution in [1.82, 2.24) is 14.8 Å². The van der Waals surface area contributed by atoms with Gasteiger partial charge in [-0.25, -0.2) is 9.67 Å². The number of halogens is 1. The van der Waals surface area contributed by atoms with Gasteiger partial charge in [0.15, 0.2) is 5.69 Å². The number of hydrogen-bond donors (Lipinski definition) is 1. The molecule has 122 valence electrons. The quantitative estimate of drug-likeness (QED) is 0.790. The minimum Gasteiger partial charge on any atom is -0.305 e. The molecule has 0 aliphatic rings. The monoisotopic (exact) mass is 342 g/mol. The Morgan fingerprint density at radius 1 is 1.21 bits per heavy atom. The molecule has 6 nitrogen and oxygen atoms in total. The Labute approximate surface area is 143 Å². The first-order chi connectivity index (χ1) is 11.6. The number of hydrogen-bond acceptors (Lipinski definition) is 4. The molecule has 2 aromatic heterocycles. The molecule has 0 aliphatic carbocycles. The number of rotatable bonds is 4. The van der Waals surface area contributed by atoms with Crippen molar-refractivity contribution in [2.24, 2.45) is 0 Å². The van der Waals surface area contributed by atoms with Crippen LogP contribution in [-0.2, 0) is 6.54 Å². The maximum Gasteiger partial charge on any atom is 0.277 e. The minimum absolute atomic E-state index is 0.190. The molecule has 1 aromatic carbocycles. The zero-order valence-electron chi connectivity index (χ0n) is 13.0. The van der Waals surface area contributed by atoms with E-state index in [1.54, 1.807) is 36.4 Å². The Bertz CT molecular complexity index is 951. The molecular formula is C17H15ClN4O2. The number of carbonyl (C=O) groups is 1. The van der Waals surface area contributed by atoms with Crippen LogP contribution in [0.15, 0.2) is 47.4 Å². The van der Waals surface area contributed by atoms with Gasteiger partial charge in [-0.05, 0) is 24.6 Å². The predicted octanol–water partition coefficient (Wildman–Crippen LogP) is 3.11. The van der Waals surface area contributed by atoms with Crippen molar-refractivity contribution in [2.45, 2.75) is 19.9 Å². The van der Waals surface area contributed by atoms with E-state index in [2.05, 4.69) is 15.4 Å². The molecule has 0 bridgehead atoms. The topological polar surface area (TPSA) is 76.9 Å². The van der Waals surface area contributed by atoms with Gasteiger partial charge in [0.2, 0.25) is 0 Å². The Morgan fingerprint density at radius 2 is 1.96 bits per heavy atom. The fraction of sp³-hybridized carbons (Fsp3) is 0.176. The van der Waals surface area contributed by atoms with Crippen molar-refractivity contribution in [3.63, 3.8) is 0 Å². The SMILES string of the molecule is CCCn1nc(C(=O)Nc2ccc(Cl)cn2)c2ccccc2c1=O. The third kappa shape index (κ3) is 3.14. The lowest BCUT2D eigenvalue weighted by Crippen LogP contribution is -2.27. The predicted molar refractivity (Wildman–Crippen MR) is 93.5 cm³/mol. The summed E-state index contributed by atoms with van der Waals surface area (Å²) in [6.07, 6.45) is 2.19. The fourth-order valence-corrected chi connectivity index (χ4v) is 2.50. The van der Waals surface area contributed by atoms with Crippen LogP contribution in [0.25, 0.3) is 10.8 Å². The largest absolute Gasteiger partial charge is 0.305 e. The van der Waals surface area contributed by atoms with Gasteiger partial charge in [-0.3, -0.25) is 9.59 Å². The molecule has 0 unspecified atom stereocenters. The molecule has 0 aliphatic heterocycles. The van der Waals surface area contributed by atoms with Crippen molar-refractivity contribution in [1.29, 1.82) is 0 Å². The summed E-state index contributed by atoms with van der Waals surface area (Å²) in [5.41, 5.74) is -0.0102. The van der Waals surface area contributed by atoms with Crippen molar-refractivity contribution in [3.05, 3.63) is 63.7 Å². The second-order valence-corrected chi connectivity index (χ2v) is 5.67. The van der Waals surface area contributed by atoms with Gasteiger partial charge in [0.25, 0.3) is 11.5 Å². The molecule has 1 amide bonds. The minimum atomic E-state index is -0.425. The van der Waals surface area contributed by atoms with Gasteiger partial charge in [-0.15, -0.1) is 0 Å². The standard InChI is InChI=1S/C17H15ClN4O2/c1-2-9-22-17(24)13-6-4-3-5-12(13)15(21-22)16(23)20-14-8-7-11(18)10-19-14/h3-8,10H,2,9H2,1H3,(H,19,20,23). The molecular weight excluding hydrogens is 328 g/mol. The van der Waals surface area contributed by atoms with E-state index in [0.29, 0.717) is 28.2 Å². The van der Waals surface area contributed by atoms with Gasteiger partial charge in [-0.2, -0.15) is 5.10 Å². The molecule has 3 aromatic rings. The molecule has 0 atom stereocenters. The summed E-state index contributed by atoms with van der Waals surface area (Å²) in [6.45, 7) is 2.39. The maximum atomic E-state index is 12.6. The Morgan fingerprint density at radius 3 is 2.62 bits per heavy atom. The summed E-state index contributed by atoms with van der Waals surface area (Å²) in [6, 6.07) is 10.2. The van der Waals surface area contributed by atoms with Crippen LogP contribution in [0.4, 0.5) is 5.82 Å². The van der Waals surface area contributed by atoms with Crippen LogP contribution in [0.1, 0.15) is 23.8 Å². The summed E-state index contributed by atoms with van der Waals surface area (Å²) in [7, 11) is 0. The molecule has 1 N–H and O–H groups in total. The summed E-state index contributed by atoms with van der Waals surface area (Å²) in [5, 5.41) is 8.38. The van der Waals surface area contributed by atoms with E-state index < -0.39 is 5.91 Å². The van der Waals surface area contributed by atoms with Crippen molar-refractivity contribution < 1.29 is 4.79 Å². The normalized spacial score (nSPS) is 10.8. The first kappa shape index (κ1) is 16.1. The van der Waals surface area contributed by atoms with Gasteiger partial charge in [0.1, 0.15) is 5.82 Å². The van der Waals surface area contributed by atoms with E-state index in [4.69, 9.17) is 11.6 Å². The summed E-state index contributed by atoms with van der Waals surface area (Å²) in [4.78, 5) is 29.1. The highest BCUT2D eigenvalue weighted by molar-refractivity contribution is 6.30. The Balaban J connectivity index is 2.07. The van der Waals surface area contributed by atoms with Crippen LogP contribution in [-0.4, -0.2) is 20.7 Å². The van der Waals surface area contributed by atoms with E-state index >= 15 is 0 Å². The molecule has 0 saturated heterocycles. The number of aromatic nitrogens is 3. The molecule has 0 saturated carbocycles. The molecule has 0 spiro atoms. The number of anilines is 1. The van der Waals surface area contributed by atoms with Gasteiger partial charge < -0.3 is 5.32 Å². The molecule has 7 heteroatoms. The van der Waals surface area contributed by atoms with Gasteiger partial charge in [0.05, 0.1) is 10.4 Å². The number of aryl methyl sites for hydroxylation is 1. The van der Waals surface area contributed by atoms with Crippen LogP contribution in [0.5, 0.6) is 0 Å². The van der Waals surface area contributed by atoms with Crippen molar-refractivity contribution in [3.8, 4) is 0 Å². The summed E-state index contributed by atoms with van der Waals surface area (Å²) < 4.78 is 1.33. The molecule has 0 fully saturated rings. The first-order valence-electron chi connectivity index (χ1n) is 7.53. The number of nitrogens with zero attached hydrogens (tertiary/aromatic N) is 3. The number of benzene rings is 1. The first-order valence-corrected chi connectivity index (χ1v) is 7.90. The summed E-state index contributed by atoms with van der Waals surface area (Å²) >= 11 is 5.79. The third-order valence-corrected chi connectivity index (χ3v) is 3.71. The number of pyridine rings is 1. The van der Waals surface area contributed by atoms with Crippen molar-refractivity contribution >= 4 is 34.1 Å². The van der Waals surface area contributed by atoms with Crippen LogP contribution in [0.2, 0.25) is 5.02 Å². The molecule has 2 heterocycles. The highest BCUT2D eigenvalue weighted by Crippen LogP contribution is 2.16. The molecule has 24 heavy (non-hydrogen) atoms. The lowest BCUT2D eigenvalue weighted by molar-refractivity contribution is 0.102. The smallest absolute Gasteiger partial charge is 0.277 e. The zero-order chi connectivity index (χ0) is 17.1. The lowest BCUT2D eigenvalue weighted by atomic mass is 10.1. The van der Waals surface area contributed by atoms with Gasteiger partial charge >= 0.3 is 0 Å². The number of nitrogens with one attached hydrogen (secondary N) is 1. The highest BCUT2D eigenvalue weighted by atomic mass is 35.5. The average molecular weight is 343 g/mol. The molecule has 0 radical (unpaired) electrons. The number of carbonyl (C=O) groups excluding carboxylic acids is 1. The van der Waals surface area contributed by atoms with Crippen LogP contribution in [0, 0.1) is 0 Å². The number of amides is 1. The summed E-state index contributed by atoms with van der Waals surface area (Å²) in [5.74, 6) is -0.0607. The lowest BCUT2D eigenvalue weighted by Gasteiger charge is -2.10. The maximum absolute atomic E-state index is 12.6. The Hall–Kier alpha value is -2.73. The average Bonchev–Trinajstić information content (AvgIpc) is 2.59. The van der Waals surface area contributed by atoms with E-state index in [1.165, 1.54) is 10.9 Å². The van der Waals surface area contributed by atoms with Gasteiger partial charge in [-0.1, -0.05) is 36.7 Å². The van der Waals surface area contributed by atoms with Crippen LogP contribution >= 0.6 is 11.6 Å². The fourth-order valence-electron chi connectivity index (χ4n) is 2.39. The van der Waals surface area contributed by atoms with Crippen molar-refractivity contribution in [2.75, 3.05) is 5.32 Å². The number of fused-ring (bicyclic) bond motifs is 1. The van der Waals surface area contributed by atoms with E-state index in [-0.39, 0.29) is 11.3 Å². The van der Waals surface area contributed by atoms with Crippen LogP contribution in [0.3, 0.4) is 0 Å². The second-order valence-electron chi connectivity index (χ2n) is 5.24. The molecule has 3 rings (SSSR count). The van der Waals surface area contributed by atoms with E-state index in [9.17, 15) is 9.59 Å². The second kappa shape index (κ2) is 6.80. The van der Waals surface area contributed by atoms with Gasteiger partial charge in [0, 0.05) is 18.1 Å². The highest BCUT2D eigenvalue weighted by Gasteiger charge is 2.16.